The Balaban J connectivity index is 1.80. The van der Waals surface area contributed by atoms with E-state index in [9.17, 15) is 0 Å². The average molecular weight is 349 g/mol. The van der Waals surface area contributed by atoms with E-state index in [2.05, 4.69) is 29.3 Å². The molecule has 0 saturated carbocycles. The van der Waals surface area contributed by atoms with Gasteiger partial charge in [-0.15, -0.1) is 0 Å². The second-order valence-electron chi connectivity index (χ2n) is 6.64. The molecule has 1 aliphatic carbocycles. The molecule has 1 atom stereocenters. The Hall–Kier alpha value is -2.95. The van der Waals surface area contributed by atoms with Crippen molar-refractivity contribution in [1.29, 1.82) is 0 Å². The van der Waals surface area contributed by atoms with Crippen molar-refractivity contribution in [1.82, 2.24) is 10.2 Å². The summed E-state index contributed by atoms with van der Waals surface area (Å²) in [6, 6.07) is 12.1. The van der Waals surface area contributed by atoms with Crippen LogP contribution >= 0.6 is 0 Å². The summed E-state index contributed by atoms with van der Waals surface area (Å²) in [6.07, 6.45) is 1.78. The van der Waals surface area contributed by atoms with E-state index in [0.29, 0.717) is 5.92 Å². The van der Waals surface area contributed by atoms with Crippen molar-refractivity contribution >= 4 is 5.69 Å². The van der Waals surface area contributed by atoms with Crippen molar-refractivity contribution in [2.24, 2.45) is 0 Å². The molecule has 134 valence electrons. The zero-order chi connectivity index (χ0) is 18.3. The van der Waals surface area contributed by atoms with Gasteiger partial charge in [0.1, 0.15) is 0 Å². The molecule has 1 heterocycles. The minimum atomic E-state index is 0.301. The highest BCUT2D eigenvalue weighted by molar-refractivity contribution is 5.79. The fourth-order valence-corrected chi connectivity index (χ4v) is 3.98. The minimum absolute atomic E-state index is 0.301. The van der Waals surface area contributed by atoms with Crippen LogP contribution in [0.2, 0.25) is 0 Å². The first-order valence-electron chi connectivity index (χ1n) is 8.84. The number of H-pyrrole nitrogens is 1. The monoisotopic (exact) mass is 349 g/mol. The lowest BCUT2D eigenvalue weighted by Gasteiger charge is -2.15. The van der Waals surface area contributed by atoms with E-state index in [-0.39, 0.29) is 0 Å². The summed E-state index contributed by atoms with van der Waals surface area (Å²) in [4.78, 5) is 0. The van der Waals surface area contributed by atoms with Gasteiger partial charge in [-0.1, -0.05) is 19.1 Å². The molecule has 0 radical (unpaired) electrons. The molecule has 0 bridgehead atoms. The highest BCUT2D eigenvalue weighted by Gasteiger charge is 2.34. The summed E-state index contributed by atoms with van der Waals surface area (Å²) in [5, 5.41) is 7.89. The second kappa shape index (κ2) is 6.41. The van der Waals surface area contributed by atoms with Gasteiger partial charge in [0.05, 0.1) is 19.9 Å². The van der Waals surface area contributed by atoms with Crippen molar-refractivity contribution in [3.63, 3.8) is 0 Å². The number of benzene rings is 2. The molecule has 0 amide bonds. The lowest BCUT2D eigenvalue weighted by atomic mass is 9.92. The summed E-state index contributed by atoms with van der Waals surface area (Å²) in [7, 11) is 3.33. The van der Waals surface area contributed by atoms with E-state index in [1.807, 2.05) is 24.3 Å². The number of ether oxygens (including phenoxy) is 2. The third-order valence-electron chi connectivity index (χ3n) is 5.16. The van der Waals surface area contributed by atoms with Crippen LogP contribution in [0.4, 0.5) is 5.69 Å². The first-order chi connectivity index (χ1) is 12.7. The van der Waals surface area contributed by atoms with Gasteiger partial charge in [-0.3, -0.25) is 5.10 Å². The largest absolute Gasteiger partial charge is 0.493 e. The number of hydrogen-bond donors (Lipinski definition) is 2. The number of fused-ring (bicyclic) bond motifs is 3. The first kappa shape index (κ1) is 16.5. The van der Waals surface area contributed by atoms with Gasteiger partial charge in [0.2, 0.25) is 0 Å². The van der Waals surface area contributed by atoms with Crippen LogP contribution in [0, 0.1) is 0 Å². The Morgan fingerprint density at radius 2 is 1.88 bits per heavy atom. The summed E-state index contributed by atoms with van der Waals surface area (Å²) < 4.78 is 11.0. The van der Waals surface area contributed by atoms with Crippen LogP contribution in [0.5, 0.6) is 11.5 Å². The van der Waals surface area contributed by atoms with E-state index in [1.165, 1.54) is 16.7 Å². The Kier molecular flexibility index (Phi) is 4.07. The minimum Gasteiger partial charge on any atom is -0.493 e. The molecule has 5 nitrogen and oxygen atoms in total. The third-order valence-corrected chi connectivity index (χ3v) is 5.16. The number of methoxy groups -OCH3 is 2. The van der Waals surface area contributed by atoms with Crippen molar-refractivity contribution in [2.45, 2.75) is 25.7 Å². The van der Waals surface area contributed by atoms with Gasteiger partial charge in [0.25, 0.3) is 0 Å². The molecule has 1 aliphatic rings. The Morgan fingerprint density at radius 1 is 1.12 bits per heavy atom. The summed E-state index contributed by atoms with van der Waals surface area (Å²) in [5.74, 6) is 1.79. The van der Waals surface area contributed by atoms with Gasteiger partial charge in [-0.25, -0.2) is 0 Å². The van der Waals surface area contributed by atoms with Crippen LogP contribution in [0.15, 0.2) is 36.4 Å². The number of rotatable bonds is 5. The maximum Gasteiger partial charge on any atom is 0.161 e. The number of anilines is 1. The zero-order valence-corrected chi connectivity index (χ0v) is 15.3. The van der Waals surface area contributed by atoms with Crippen molar-refractivity contribution in [3.05, 3.63) is 58.8 Å². The molecule has 0 fully saturated rings. The third kappa shape index (κ3) is 2.51. The van der Waals surface area contributed by atoms with Gasteiger partial charge in [-0.2, -0.15) is 5.10 Å². The summed E-state index contributed by atoms with van der Waals surface area (Å²) in [5.41, 5.74) is 13.7. The predicted molar refractivity (Wildman–Crippen MR) is 103 cm³/mol. The van der Waals surface area contributed by atoms with Crippen LogP contribution in [-0.2, 0) is 6.42 Å². The Bertz CT molecular complexity index is 962. The molecule has 26 heavy (non-hydrogen) atoms. The topological polar surface area (TPSA) is 73.2 Å². The maximum absolute atomic E-state index is 5.93. The lowest BCUT2D eigenvalue weighted by Crippen LogP contribution is -2.01. The van der Waals surface area contributed by atoms with Crippen molar-refractivity contribution in [2.75, 3.05) is 20.0 Å². The number of nitrogens with zero attached hydrogens (tertiary/aromatic N) is 1. The quantitative estimate of drug-likeness (QED) is 0.680. The fraction of sp³-hybridized carbons (Fsp3) is 0.286. The smallest absolute Gasteiger partial charge is 0.161 e. The second-order valence-corrected chi connectivity index (χ2v) is 6.64. The van der Waals surface area contributed by atoms with E-state index in [1.54, 1.807) is 14.2 Å². The number of nitrogens with one attached hydrogen (secondary N) is 1. The number of aromatic amines is 1. The van der Waals surface area contributed by atoms with E-state index < -0.39 is 0 Å². The molecule has 3 N–H and O–H groups in total. The fourth-order valence-electron chi connectivity index (χ4n) is 3.98. The molecular formula is C21H23N3O2. The van der Waals surface area contributed by atoms with Crippen LogP contribution in [0.3, 0.4) is 0 Å². The molecule has 1 aromatic heterocycles. The maximum atomic E-state index is 5.93. The highest BCUT2D eigenvalue weighted by atomic mass is 16.5. The normalized spacial score (nSPS) is 14.8. The molecule has 1 unspecified atom stereocenters. The molecule has 2 aromatic carbocycles. The van der Waals surface area contributed by atoms with Crippen molar-refractivity contribution < 1.29 is 9.47 Å². The number of hydrogen-bond acceptors (Lipinski definition) is 4. The van der Waals surface area contributed by atoms with Gasteiger partial charge in [0, 0.05) is 34.8 Å². The first-order valence-corrected chi connectivity index (χ1v) is 8.84. The number of nitrogens with two attached hydrogens (primary N) is 1. The highest BCUT2D eigenvalue weighted by Crippen LogP contribution is 2.50. The van der Waals surface area contributed by atoms with Gasteiger partial charge >= 0.3 is 0 Å². The Labute approximate surface area is 153 Å². The van der Waals surface area contributed by atoms with Crippen molar-refractivity contribution in [3.8, 4) is 22.8 Å². The van der Waals surface area contributed by atoms with Crippen LogP contribution in [0.1, 0.15) is 41.6 Å². The Morgan fingerprint density at radius 3 is 2.58 bits per heavy atom. The van der Waals surface area contributed by atoms with Crippen LogP contribution in [0.25, 0.3) is 11.3 Å². The summed E-state index contributed by atoms with van der Waals surface area (Å²) in [6.45, 7) is 2.21. The van der Waals surface area contributed by atoms with Gasteiger partial charge in [-0.05, 0) is 41.8 Å². The molecule has 3 aromatic rings. The predicted octanol–water partition coefficient (Wildman–Crippen LogP) is 4.12. The number of nitrogen functional groups attached to an aromatic ring is 1. The standard InChI is InChI=1S/C21H23N3O2/c1-4-14-15-10-18(25-2)19(26-3)11-16(15)21-20(14)17(23-24-21)9-12-6-5-7-13(22)8-12/h5-8,10-11,14H,4,9,22H2,1-3H3,(H,23,24). The summed E-state index contributed by atoms with van der Waals surface area (Å²) >= 11 is 0. The van der Waals surface area contributed by atoms with Gasteiger partial charge in [0.15, 0.2) is 11.5 Å². The van der Waals surface area contributed by atoms with E-state index in [4.69, 9.17) is 15.2 Å². The molecule has 0 saturated heterocycles. The molecule has 0 aliphatic heterocycles. The van der Waals surface area contributed by atoms with E-state index >= 15 is 0 Å². The average Bonchev–Trinajstić information content (AvgIpc) is 3.18. The molecule has 4 rings (SSSR count). The van der Waals surface area contributed by atoms with Crippen LogP contribution in [-0.4, -0.2) is 24.4 Å². The zero-order valence-electron chi connectivity index (χ0n) is 15.3. The van der Waals surface area contributed by atoms with Gasteiger partial charge < -0.3 is 15.2 Å². The molecule has 5 heteroatoms. The SMILES string of the molecule is CCC1c2cc(OC)c(OC)cc2-c2n[nH]c(Cc3cccc(N)c3)c21. The molecular weight excluding hydrogens is 326 g/mol. The van der Waals surface area contributed by atoms with Crippen LogP contribution < -0.4 is 15.2 Å². The molecule has 0 spiro atoms. The lowest BCUT2D eigenvalue weighted by molar-refractivity contribution is 0.354. The van der Waals surface area contributed by atoms with E-state index in [0.717, 1.165) is 47.0 Å². The number of aromatic nitrogens is 2.